The van der Waals surface area contributed by atoms with Crippen LogP contribution in [0.1, 0.15) is 44.9 Å². The highest BCUT2D eigenvalue weighted by atomic mass is 16.6. The van der Waals surface area contributed by atoms with Crippen molar-refractivity contribution in [2.24, 2.45) is 17.8 Å². The van der Waals surface area contributed by atoms with E-state index in [1.165, 1.54) is 0 Å². The molecule has 2 aliphatic heterocycles. The first-order chi connectivity index (χ1) is 11.0. The molecule has 0 bridgehead atoms. The van der Waals surface area contributed by atoms with E-state index in [0.29, 0.717) is 25.9 Å². The molecule has 0 aromatic carbocycles. The van der Waals surface area contributed by atoms with Crippen LogP contribution in [0, 0.1) is 17.8 Å². The number of fused-ring (bicyclic) bond motifs is 1. The standard InChI is InChI=1S/C17H25NO5/c19-13-5-10-8-18(9-11(10)6-14(13)20)16(22)12-7-15(21)23-17(12)3-1-2-4-17/h10-14,19-20H,1-9H2/t10-,11+,12?,13+,14-. The average Bonchev–Trinajstić information content (AvgIpc) is 3.19. The van der Waals surface area contributed by atoms with Crippen molar-refractivity contribution in [3.8, 4) is 0 Å². The molecule has 2 N–H and O–H groups in total. The summed E-state index contributed by atoms with van der Waals surface area (Å²) in [5, 5.41) is 19.7. The first-order valence-electron chi connectivity index (χ1n) is 8.85. The molecule has 23 heavy (non-hydrogen) atoms. The Morgan fingerprint density at radius 3 is 2.22 bits per heavy atom. The summed E-state index contributed by atoms with van der Waals surface area (Å²) in [4.78, 5) is 26.7. The number of ether oxygens (including phenoxy) is 1. The summed E-state index contributed by atoms with van der Waals surface area (Å²) in [7, 11) is 0. The number of likely N-dealkylation sites (tertiary alicyclic amines) is 1. The third kappa shape index (κ3) is 2.47. The fourth-order valence-corrected chi connectivity index (χ4v) is 5.24. The first kappa shape index (κ1) is 15.4. The van der Waals surface area contributed by atoms with Gasteiger partial charge in [0.2, 0.25) is 5.91 Å². The Morgan fingerprint density at radius 1 is 1.09 bits per heavy atom. The second kappa shape index (κ2) is 5.45. The molecule has 1 unspecified atom stereocenters. The SMILES string of the molecule is O=C1CC(C(=O)N2C[C@H]3C[C@H](O)[C@H](O)C[C@H]3C2)C2(CCCC2)O1. The molecule has 4 aliphatic rings. The number of hydrogen-bond donors (Lipinski definition) is 2. The molecule has 2 heterocycles. The van der Waals surface area contributed by atoms with Crippen LogP contribution in [0.2, 0.25) is 0 Å². The highest BCUT2D eigenvalue weighted by Crippen LogP contribution is 2.47. The lowest BCUT2D eigenvalue weighted by atomic mass is 9.79. The minimum absolute atomic E-state index is 0.0381. The third-order valence-electron chi connectivity index (χ3n) is 6.49. The molecule has 2 aliphatic carbocycles. The van der Waals surface area contributed by atoms with E-state index in [0.717, 1.165) is 25.7 Å². The monoisotopic (exact) mass is 323 g/mol. The summed E-state index contributed by atoms with van der Waals surface area (Å²) in [6.45, 7) is 1.27. The van der Waals surface area contributed by atoms with Crippen molar-refractivity contribution < 1.29 is 24.5 Å². The first-order valence-corrected chi connectivity index (χ1v) is 8.85. The Bertz CT molecular complexity index is 497. The number of hydrogen-bond acceptors (Lipinski definition) is 5. The molecule has 1 amide bonds. The Kier molecular flexibility index (Phi) is 3.65. The van der Waals surface area contributed by atoms with Gasteiger partial charge in [0.05, 0.1) is 24.5 Å². The van der Waals surface area contributed by atoms with E-state index < -0.39 is 17.8 Å². The molecule has 6 heteroatoms. The summed E-state index contributed by atoms with van der Waals surface area (Å²) in [6.07, 6.45) is 3.59. The van der Waals surface area contributed by atoms with E-state index in [2.05, 4.69) is 0 Å². The van der Waals surface area contributed by atoms with Crippen molar-refractivity contribution in [1.82, 2.24) is 4.90 Å². The number of aliphatic hydroxyl groups excluding tert-OH is 2. The van der Waals surface area contributed by atoms with Gasteiger partial charge in [0.1, 0.15) is 5.60 Å². The van der Waals surface area contributed by atoms with E-state index in [4.69, 9.17) is 4.74 Å². The number of carbonyl (C=O) groups excluding carboxylic acids is 2. The van der Waals surface area contributed by atoms with Gasteiger partial charge in [-0.05, 0) is 50.4 Å². The van der Waals surface area contributed by atoms with E-state index in [9.17, 15) is 19.8 Å². The Hall–Kier alpha value is -1.14. The molecule has 128 valence electrons. The van der Waals surface area contributed by atoms with Crippen molar-refractivity contribution >= 4 is 11.9 Å². The summed E-state index contributed by atoms with van der Waals surface area (Å²) in [5.41, 5.74) is -0.555. The zero-order valence-corrected chi connectivity index (χ0v) is 13.3. The van der Waals surface area contributed by atoms with Crippen LogP contribution in [0.4, 0.5) is 0 Å². The number of amides is 1. The largest absolute Gasteiger partial charge is 0.458 e. The lowest BCUT2D eigenvalue weighted by Crippen LogP contribution is -2.44. The third-order valence-corrected chi connectivity index (χ3v) is 6.49. The van der Waals surface area contributed by atoms with Crippen molar-refractivity contribution in [3.05, 3.63) is 0 Å². The molecule has 6 nitrogen and oxygen atoms in total. The fourth-order valence-electron chi connectivity index (χ4n) is 5.24. The lowest BCUT2D eigenvalue weighted by Gasteiger charge is -2.31. The maximum atomic E-state index is 13.0. The minimum Gasteiger partial charge on any atom is -0.458 e. The Balaban J connectivity index is 1.48. The molecule has 2 saturated carbocycles. The quantitative estimate of drug-likeness (QED) is 0.684. The van der Waals surface area contributed by atoms with Gasteiger partial charge in [0.25, 0.3) is 0 Å². The minimum atomic E-state index is -0.677. The highest BCUT2D eigenvalue weighted by molar-refractivity contribution is 5.88. The van der Waals surface area contributed by atoms with Crippen LogP contribution in [-0.2, 0) is 14.3 Å². The predicted molar refractivity (Wildman–Crippen MR) is 80.2 cm³/mol. The molecular weight excluding hydrogens is 298 g/mol. The molecule has 2 saturated heterocycles. The van der Waals surface area contributed by atoms with Gasteiger partial charge < -0.3 is 19.8 Å². The van der Waals surface area contributed by atoms with Crippen LogP contribution >= 0.6 is 0 Å². The van der Waals surface area contributed by atoms with E-state index in [-0.39, 0.29) is 36.1 Å². The summed E-state index contributed by atoms with van der Waals surface area (Å²) in [6, 6.07) is 0. The van der Waals surface area contributed by atoms with Gasteiger partial charge in [-0.15, -0.1) is 0 Å². The zero-order chi connectivity index (χ0) is 16.2. The van der Waals surface area contributed by atoms with E-state index >= 15 is 0 Å². The van der Waals surface area contributed by atoms with Gasteiger partial charge in [-0.3, -0.25) is 9.59 Å². The molecule has 4 rings (SSSR count). The van der Waals surface area contributed by atoms with Gasteiger partial charge in [-0.1, -0.05) is 0 Å². The van der Waals surface area contributed by atoms with E-state index in [1.807, 2.05) is 4.90 Å². The van der Waals surface area contributed by atoms with Gasteiger partial charge in [-0.2, -0.15) is 0 Å². The number of rotatable bonds is 1. The molecule has 0 aromatic rings. The normalized spacial score (nSPS) is 42.1. The van der Waals surface area contributed by atoms with Crippen molar-refractivity contribution in [2.75, 3.05) is 13.1 Å². The molecule has 0 radical (unpaired) electrons. The second-order valence-electron chi connectivity index (χ2n) is 7.87. The van der Waals surface area contributed by atoms with Crippen molar-refractivity contribution in [2.45, 2.75) is 62.8 Å². The van der Waals surface area contributed by atoms with Crippen LogP contribution in [-0.4, -0.2) is 57.9 Å². The van der Waals surface area contributed by atoms with E-state index in [1.54, 1.807) is 0 Å². The molecule has 0 aromatic heterocycles. The van der Waals surface area contributed by atoms with Gasteiger partial charge >= 0.3 is 5.97 Å². The molecular formula is C17H25NO5. The Labute approximate surface area is 135 Å². The zero-order valence-electron chi connectivity index (χ0n) is 13.3. The number of carbonyl (C=O) groups is 2. The number of esters is 1. The highest BCUT2D eigenvalue weighted by Gasteiger charge is 2.56. The second-order valence-corrected chi connectivity index (χ2v) is 7.87. The van der Waals surface area contributed by atoms with Crippen LogP contribution < -0.4 is 0 Å². The molecule has 1 spiro atoms. The van der Waals surface area contributed by atoms with Crippen LogP contribution in [0.25, 0.3) is 0 Å². The van der Waals surface area contributed by atoms with Gasteiger partial charge in [-0.25, -0.2) is 0 Å². The van der Waals surface area contributed by atoms with Crippen LogP contribution in [0.3, 0.4) is 0 Å². The van der Waals surface area contributed by atoms with Crippen molar-refractivity contribution in [3.63, 3.8) is 0 Å². The van der Waals surface area contributed by atoms with Crippen LogP contribution in [0.5, 0.6) is 0 Å². The smallest absolute Gasteiger partial charge is 0.307 e. The van der Waals surface area contributed by atoms with Crippen molar-refractivity contribution in [1.29, 1.82) is 0 Å². The predicted octanol–water partition coefficient (Wildman–Crippen LogP) is 0.452. The van der Waals surface area contributed by atoms with Gasteiger partial charge in [0.15, 0.2) is 0 Å². The summed E-state index contributed by atoms with van der Waals surface area (Å²) >= 11 is 0. The lowest BCUT2D eigenvalue weighted by molar-refractivity contribution is -0.151. The maximum absolute atomic E-state index is 13.0. The number of aliphatic hydroxyl groups is 2. The van der Waals surface area contributed by atoms with Crippen LogP contribution in [0.15, 0.2) is 0 Å². The Morgan fingerprint density at radius 2 is 1.65 bits per heavy atom. The molecule has 5 atom stereocenters. The molecule has 4 fully saturated rings. The summed E-state index contributed by atoms with van der Waals surface area (Å²) < 4.78 is 5.59. The summed E-state index contributed by atoms with van der Waals surface area (Å²) in [5.74, 6) is -0.0267. The fraction of sp³-hybridized carbons (Fsp3) is 0.882. The average molecular weight is 323 g/mol. The maximum Gasteiger partial charge on any atom is 0.307 e. The van der Waals surface area contributed by atoms with Gasteiger partial charge in [0, 0.05) is 13.1 Å². The topological polar surface area (TPSA) is 87.1 Å². The number of nitrogens with zero attached hydrogens (tertiary/aromatic N) is 1.